The van der Waals surface area contributed by atoms with Gasteiger partial charge < -0.3 is 76.5 Å². The molecule has 2 aliphatic carbocycles. The third-order valence-electron chi connectivity index (χ3n) is 17.3. The van der Waals surface area contributed by atoms with Crippen molar-refractivity contribution in [2.75, 3.05) is 33.4 Å². The summed E-state index contributed by atoms with van der Waals surface area (Å²) < 4.78 is 17.9. The average molecular weight is 1280 g/mol. The highest BCUT2D eigenvalue weighted by atomic mass is 16.7. The molecule has 2 heterocycles. The minimum atomic E-state index is -2.48. The van der Waals surface area contributed by atoms with E-state index in [1.54, 1.807) is 42.5 Å². The Bertz CT molecular complexity index is 3680. The lowest BCUT2D eigenvalue weighted by molar-refractivity contribution is -0.249. The molecule has 25 heteroatoms. The largest absolute Gasteiger partial charge is 0.507 e. The number of hydrogen-bond donors (Lipinski definition) is 11. The molecule has 10 atom stereocenters. The number of aliphatic hydroxyl groups excluding tert-OH is 2. The van der Waals surface area contributed by atoms with Gasteiger partial charge in [-0.15, -0.1) is 0 Å². The molecule has 0 saturated carbocycles. The number of nitrogens with zero attached hydrogens (tertiary/aromatic N) is 1. The predicted molar refractivity (Wildman–Crippen MR) is 333 cm³/mol. The molecule has 2 saturated heterocycles. The first-order chi connectivity index (χ1) is 44.4. The number of rotatable bonds is 24. The monoisotopic (exact) mass is 1280 g/mol. The van der Waals surface area contributed by atoms with E-state index >= 15 is 0 Å². The van der Waals surface area contributed by atoms with Crippen LogP contribution in [-0.4, -0.2) is 177 Å². The lowest BCUT2D eigenvalue weighted by Crippen LogP contribution is -2.60. The number of fused-ring (bicyclic) bond motifs is 3. The molecule has 0 radical (unpaired) electrons. The van der Waals surface area contributed by atoms with E-state index in [-0.39, 0.29) is 72.7 Å². The molecular formula is C68H77N7O18. The third-order valence-corrected chi connectivity index (χ3v) is 17.3. The summed E-state index contributed by atoms with van der Waals surface area (Å²) in [6.45, 7) is 4.56. The molecule has 0 spiro atoms. The van der Waals surface area contributed by atoms with E-state index in [2.05, 4.69) is 31.9 Å². The van der Waals surface area contributed by atoms with Crippen LogP contribution in [0.25, 0.3) is 11.1 Å². The number of carbonyl (C=O) groups is 10. The molecule has 4 aliphatic rings. The van der Waals surface area contributed by atoms with Crippen LogP contribution in [0.1, 0.15) is 120 Å². The first-order valence-electron chi connectivity index (χ1n) is 30.8. The van der Waals surface area contributed by atoms with E-state index in [4.69, 9.17) is 14.2 Å². The summed E-state index contributed by atoms with van der Waals surface area (Å²) in [5, 5.41) is 73.9. The number of amides is 7. The summed E-state index contributed by atoms with van der Waals surface area (Å²) in [4.78, 5) is 139. The maximum atomic E-state index is 15.0. The Kier molecular flexibility index (Phi) is 21.5. The van der Waals surface area contributed by atoms with Crippen molar-refractivity contribution < 1.29 is 87.7 Å². The zero-order chi connectivity index (χ0) is 67.0. The van der Waals surface area contributed by atoms with Crippen molar-refractivity contribution >= 4 is 58.7 Å². The number of aliphatic hydroxyl groups is 3. The second-order valence-electron chi connectivity index (χ2n) is 24.3. The van der Waals surface area contributed by atoms with Crippen molar-refractivity contribution in [2.45, 2.75) is 139 Å². The van der Waals surface area contributed by atoms with Crippen molar-refractivity contribution in [3.63, 3.8) is 0 Å². The van der Waals surface area contributed by atoms with Crippen LogP contribution in [0.3, 0.4) is 0 Å². The Hall–Kier alpha value is -9.40. The van der Waals surface area contributed by atoms with Gasteiger partial charge in [0, 0.05) is 62.3 Å². The van der Waals surface area contributed by atoms with Gasteiger partial charge in [0.05, 0.1) is 55.1 Å². The van der Waals surface area contributed by atoms with Gasteiger partial charge in [0.1, 0.15) is 59.7 Å². The third kappa shape index (κ3) is 15.4. The fraction of sp³-hybridized carbons (Fsp3) is 0.412. The molecule has 492 valence electrons. The molecule has 0 unspecified atom stereocenters. The zero-order valence-corrected chi connectivity index (χ0v) is 52.1. The van der Waals surface area contributed by atoms with Gasteiger partial charge in [-0.2, -0.15) is 0 Å². The number of hydrogen-bond acceptors (Lipinski definition) is 18. The predicted octanol–water partition coefficient (Wildman–Crippen LogP) is 2.06. The van der Waals surface area contributed by atoms with E-state index in [9.17, 15) is 73.5 Å². The van der Waals surface area contributed by atoms with Gasteiger partial charge in [0.15, 0.2) is 17.9 Å². The number of Topliss-reactive ketones (excluding diaryl/α,β-unsaturated/α-hetero) is 1. The molecule has 9 rings (SSSR count). The Morgan fingerprint density at radius 3 is 2.03 bits per heavy atom. The smallest absolute Gasteiger partial charge is 0.243 e. The number of aromatic hydroxyl groups is 2. The fourth-order valence-corrected chi connectivity index (χ4v) is 12.5. The van der Waals surface area contributed by atoms with E-state index < -0.39 is 168 Å². The van der Waals surface area contributed by atoms with Crippen LogP contribution < -0.4 is 36.6 Å². The normalized spacial score (nSPS) is 21.6. The van der Waals surface area contributed by atoms with E-state index in [0.29, 0.717) is 24.0 Å². The minimum absolute atomic E-state index is 0.00328. The summed E-state index contributed by atoms with van der Waals surface area (Å²) in [6, 6.07) is 23.5. The van der Waals surface area contributed by atoms with Crippen LogP contribution in [0.5, 0.6) is 17.2 Å². The highest BCUT2D eigenvalue weighted by Gasteiger charge is 2.51. The van der Waals surface area contributed by atoms with Gasteiger partial charge in [-0.3, -0.25) is 47.9 Å². The summed E-state index contributed by atoms with van der Waals surface area (Å²) >= 11 is 0. The number of benzene rings is 5. The maximum absolute atomic E-state index is 15.0. The number of carbonyl (C=O) groups excluding carboxylic acids is 10. The van der Waals surface area contributed by atoms with Gasteiger partial charge >= 0.3 is 0 Å². The van der Waals surface area contributed by atoms with Gasteiger partial charge in [-0.25, -0.2) is 0 Å². The topological polar surface area (TPSA) is 375 Å². The van der Waals surface area contributed by atoms with E-state index in [1.807, 2.05) is 56.3 Å². The molecule has 25 nitrogen and oxygen atoms in total. The van der Waals surface area contributed by atoms with Gasteiger partial charge in [-0.1, -0.05) is 111 Å². The first-order valence-corrected chi connectivity index (χ1v) is 30.8. The highest BCUT2D eigenvalue weighted by Crippen LogP contribution is 2.52. The lowest BCUT2D eigenvalue weighted by Gasteiger charge is -2.43. The molecule has 93 heavy (non-hydrogen) atoms. The van der Waals surface area contributed by atoms with Crippen molar-refractivity contribution in [3.05, 3.63) is 148 Å². The average Bonchev–Trinajstić information content (AvgIpc) is 0.974. The Balaban J connectivity index is 0.955. The standard InChI is InChI=1S/C68H77N7O18/c1-35(2)26-45(74-67(89)48-19-13-25-75(48)53(80)33-69-37(4)77)64(86)70-32-52(79)71-46(27-38-14-8-6-9-15-38)65(87)73-47(28-39-21-23-41(24-22-39)40-16-10-7-11-17-40)66(88)72-44-29-54(92-36(3)59(44)81)93-50-31-68(90,51(78)34-76)30-43-56(50)63(85)58-57(61(43)83)60(82)42-18-12-20-49(91-5)55(42)62(58)84/h6-12,14-18,20-24,35-36,44-48,50,54,59,76,81,83,85,90H,13,19,25-34H2,1-5H3,(H,69,77)(H,70,86)(H,71,79)(H,72,88)(H,73,87)(H,74,89)/t36-,44-,45-,46-,47-,48-,50-,54-,59+,68-/m0/s1. The fourth-order valence-electron chi connectivity index (χ4n) is 12.5. The highest BCUT2D eigenvalue weighted by molar-refractivity contribution is 6.31. The number of phenols is 2. The van der Waals surface area contributed by atoms with Crippen LogP contribution in [0, 0.1) is 5.92 Å². The SMILES string of the molecule is COc1cccc2c1C(=O)c1c(O)c3c(c(O)c1C2=O)C[C@@](O)(C(=O)CO)C[C@@H]3O[C@H]1C[C@H](NC(=O)[C@H](Cc2ccc(-c3ccccc3)cc2)NC(=O)[C@H](Cc2ccccc2)NC(=O)CNC(=O)[C@H](CC(C)C)NC(=O)[C@@H]2CCCN2C(=O)CNC(C)=O)[C@H](O)[C@H](C)O1. The van der Waals surface area contributed by atoms with Crippen molar-refractivity contribution in [1.29, 1.82) is 0 Å². The molecule has 5 aromatic rings. The Morgan fingerprint density at radius 1 is 0.731 bits per heavy atom. The quantitative estimate of drug-likeness (QED) is 0.0386. The number of nitrogens with one attached hydrogen (secondary N) is 6. The van der Waals surface area contributed by atoms with Crippen LogP contribution in [-0.2, 0) is 67.1 Å². The molecule has 2 aliphatic heterocycles. The number of likely N-dealkylation sites (tertiary alicyclic amines) is 1. The summed E-state index contributed by atoms with van der Waals surface area (Å²) in [6.07, 6.45) is -6.73. The van der Waals surface area contributed by atoms with E-state index in [1.165, 1.54) is 44.1 Å². The van der Waals surface area contributed by atoms with Crippen molar-refractivity contribution in [3.8, 4) is 28.4 Å². The second-order valence-corrected chi connectivity index (χ2v) is 24.3. The van der Waals surface area contributed by atoms with Crippen molar-refractivity contribution in [1.82, 2.24) is 36.8 Å². The Labute approximate surface area is 535 Å². The molecule has 5 aromatic carbocycles. The van der Waals surface area contributed by atoms with Gasteiger partial charge in [0.2, 0.25) is 47.1 Å². The maximum Gasteiger partial charge on any atom is 0.243 e. The van der Waals surface area contributed by atoms with Crippen LogP contribution >= 0.6 is 0 Å². The number of phenolic OH excluding ortho intramolecular Hbond substituents is 2. The molecule has 2 fully saturated rings. The van der Waals surface area contributed by atoms with Crippen molar-refractivity contribution in [2.24, 2.45) is 5.92 Å². The Morgan fingerprint density at radius 2 is 1.38 bits per heavy atom. The summed E-state index contributed by atoms with van der Waals surface area (Å²) in [5.74, 6) is -9.24. The van der Waals surface area contributed by atoms with E-state index in [0.717, 1.165) is 11.1 Å². The van der Waals surface area contributed by atoms with Gasteiger partial charge in [0.25, 0.3) is 0 Å². The summed E-state index contributed by atoms with van der Waals surface area (Å²) in [5.41, 5.74) is -1.69. The molecule has 11 N–H and O–H groups in total. The second kappa shape index (κ2) is 29.5. The van der Waals surface area contributed by atoms with Crippen LogP contribution in [0.15, 0.2) is 103 Å². The number of methoxy groups -OCH3 is 1. The minimum Gasteiger partial charge on any atom is -0.507 e. The van der Waals surface area contributed by atoms with Crippen LogP contribution in [0.2, 0.25) is 0 Å². The number of ketones is 3. The first kappa shape index (κ1) is 68.0. The molecule has 0 bridgehead atoms. The molecular weight excluding hydrogens is 1200 g/mol. The lowest BCUT2D eigenvalue weighted by atomic mass is 9.72. The number of ether oxygens (including phenoxy) is 3. The summed E-state index contributed by atoms with van der Waals surface area (Å²) in [7, 11) is 1.28. The zero-order valence-electron chi connectivity index (χ0n) is 52.1. The molecule has 7 amide bonds. The van der Waals surface area contributed by atoms with Crippen LogP contribution in [0.4, 0.5) is 0 Å². The van der Waals surface area contributed by atoms with Gasteiger partial charge in [-0.05, 0) is 60.4 Å². The molecule has 0 aromatic heterocycles.